The smallest absolute Gasteiger partial charge is 0.387 e. The molecule has 0 aliphatic heterocycles. The lowest BCUT2D eigenvalue weighted by Gasteiger charge is -2.25. The number of hydrogen-bond donors (Lipinski definition) is 3. The van der Waals surface area contributed by atoms with Gasteiger partial charge in [0.25, 0.3) is 0 Å². The lowest BCUT2D eigenvalue weighted by atomic mass is 10.0. The zero-order valence-electron chi connectivity index (χ0n) is 46.4. The third-order valence-electron chi connectivity index (χ3n) is 14.0. The molecule has 1 amide bonds. The van der Waals surface area contributed by atoms with E-state index in [0.29, 0.717) is 17.4 Å². The SMILES string of the molecule is CCCCCCCCCCC/C=C/C(O)C(COP(=O)(O)OCC[N+](C)(C)C)NC(=O)CCCCCCCCCCCCCCCCCCCCCCCCCCCCCCCCCCCCC. The normalized spacial score (nSPS) is 13.9. The van der Waals surface area contributed by atoms with Crippen molar-refractivity contribution < 1.29 is 32.9 Å². The third kappa shape index (κ3) is 53.0. The summed E-state index contributed by atoms with van der Waals surface area (Å²) in [6, 6.07) is -0.840. The van der Waals surface area contributed by atoms with Gasteiger partial charge in [0, 0.05) is 6.42 Å². The number of rotatable bonds is 56. The van der Waals surface area contributed by atoms with Crippen LogP contribution in [-0.4, -0.2) is 73.4 Å². The predicted molar refractivity (Wildman–Crippen MR) is 295 cm³/mol. The Hall–Kier alpha value is -0.760. The highest BCUT2D eigenvalue weighted by atomic mass is 31.2. The van der Waals surface area contributed by atoms with Crippen LogP contribution in [0.3, 0.4) is 0 Å². The third-order valence-corrected chi connectivity index (χ3v) is 15.0. The Balaban J connectivity index is 3.86. The van der Waals surface area contributed by atoms with E-state index in [2.05, 4.69) is 19.2 Å². The molecule has 0 bridgehead atoms. The van der Waals surface area contributed by atoms with Crippen molar-refractivity contribution in [2.75, 3.05) is 40.9 Å². The van der Waals surface area contributed by atoms with Gasteiger partial charge in [0.2, 0.25) is 5.91 Å². The average Bonchev–Trinajstić information content (AvgIpc) is 3.30. The van der Waals surface area contributed by atoms with Crippen LogP contribution in [0, 0.1) is 0 Å². The van der Waals surface area contributed by atoms with Crippen LogP contribution < -0.4 is 5.32 Å². The maximum absolute atomic E-state index is 12.9. The molecule has 3 atom stereocenters. The topological polar surface area (TPSA) is 105 Å². The van der Waals surface area contributed by atoms with Crippen molar-refractivity contribution in [2.24, 2.45) is 0 Å². The van der Waals surface area contributed by atoms with Gasteiger partial charge in [-0.3, -0.25) is 13.8 Å². The maximum atomic E-state index is 12.9. The molecule has 0 aromatic heterocycles. The second-order valence-electron chi connectivity index (χ2n) is 22.1. The van der Waals surface area contributed by atoms with Gasteiger partial charge in [-0.25, -0.2) is 4.57 Å². The standard InChI is InChI=1S/C59H119N2O6P/c1-6-8-10-12-14-16-18-19-20-21-22-23-24-25-26-27-28-29-30-31-32-33-34-35-36-37-38-39-40-41-43-45-47-49-51-53-59(63)60-57(56-67-68(64,65)66-55-54-61(3,4)5)58(62)52-50-48-46-44-42-17-15-13-11-9-7-2/h50,52,57-58,62H,6-49,51,53-56H2,1-5H3,(H-,60,63,64,65)/p+1/b52-50+. The number of unbranched alkanes of at least 4 members (excludes halogenated alkanes) is 43. The van der Waals surface area contributed by atoms with Crippen molar-refractivity contribution >= 4 is 13.7 Å². The molecular formula is C59H120N2O6P+. The highest BCUT2D eigenvalue weighted by molar-refractivity contribution is 7.47. The zero-order valence-corrected chi connectivity index (χ0v) is 47.3. The maximum Gasteiger partial charge on any atom is 0.472 e. The number of amides is 1. The van der Waals surface area contributed by atoms with Crippen molar-refractivity contribution in [3.8, 4) is 0 Å². The Morgan fingerprint density at radius 1 is 0.485 bits per heavy atom. The van der Waals surface area contributed by atoms with E-state index >= 15 is 0 Å². The predicted octanol–water partition coefficient (Wildman–Crippen LogP) is 18.2. The highest BCUT2D eigenvalue weighted by Gasteiger charge is 2.27. The van der Waals surface area contributed by atoms with Gasteiger partial charge in [0.15, 0.2) is 0 Å². The number of carbonyl (C=O) groups excluding carboxylic acids is 1. The molecule has 0 aliphatic carbocycles. The Bertz CT molecular complexity index is 1120. The van der Waals surface area contributed by atoms with E-state index in [1.807, 2.05) is 27.2 Å². The number of quaternary nitrogens is 1. The molecular weight excluding hydrogens is 864 g/mol. The molecule has 0 rings (SSSR count). The molecule has 0 aromatic carbocycles. The summed E-state index contributed by atoms with van der Waals surface area (Å²) < 4.78 is 23.6. The number of nitrogens with one attached hydrogen (secondary N) is 1. The fourth-order valence-electron chi connectivity index (χ4n) is 9.28. The fraction of sp³-hybridized carbons (Fsp3) is 0.949. The summed E-state index contributed by atoms with van der Waals surface area (Å²) in [5, 5.41) is 13.9. The van der Waals surface area contributed by atoms with E-state index in [0.717, 1.165) is 38.5 Å². The Labute approximate surface area is 424 Å². The van der Waals surface area contributed by atoms with Crippen molar-refractivity contribution in [3.05, 3.63) is 12.2 Å². The van der Waals surface area contributed by atoms with E-state index in [1.165, 1.54) is 250 Å². The number of phosphoric ester groups is 1. The summed E-state index contributed by atoms with van der Waals surface area (Å²) in [6.07, 6.45) is 63.5. The summed E-state index contributed by atoms with van der Waals surface area (Å²) in [4.78, 5) is 23.2. The Morgan fingerprint density at radius 2 is 0.779 bits per heavy atom. The van der Waals surface area contributed by atoms with Gasteiger partial charge >= 0.3 is 7.82 Å². The van der Waals surface area contributed by atoms with Gasteiger partial charge in [-0.2, -0.15) is 0 Å². The van der Waals surface area contributed by atoms with Gasteiger partial charge < -0.3 is 19.8 Å². The van der Waals surface area contributed by atoms with E-state index in [9.17, 15) is 19.4 Å². The van der Waals surface area contributed by atoms with Crippen LogP contribution in [0.4, 0.5) is 0 Å². The number of likely N-dealkylation sites (N-methyl/N-ethyl adjacent to an activating group) is 1. The first-order chi connectivity index (χ1) is 33.0. The minimum absolute atomic E-state index is 0.0647. The molecule has 8 nitrogen and oxygen atoms in total. The van der Waals surface area contributed by atoms with E-state index in [4.69, 9.17) is 9.05 Å². The van der Waals surface area contributed by atoms with Crippen LogP contribution in [-0.2, 0) is 18.4 Å². The van der Waals surface area contributed by atoms with Crippen molar-refractivity contribution in [2.45, 2.75) is 321 Å². The van der Waals surface area contributed by atoms with Crippen LogP contribution in [0.25, 0.3) is 0 Å². The number of nitrogens with zero attached hydrogens (tertiary/aromatic N) is 1. The second-order valence-corrected chi connectivity index (χ2v) is 23.5. The molecule has 0 aromatic rings. The average molecular weight is 985 g/mol. The minimum Gasteiger partial charge on any atom is -0.387 e. The zero-order chi connectivity index (χ0) is 49.9. The molecule has 68 heavy (non-hydrogen) atoms. The first-order valence-corrected chi connectivity index (χ1v) is 31.6. The van der Waals surface area contributed by atoms with E-state index < -0.39 is 20.0 Å². The Kier molecular flexibility index (Phi) is 50.6. The minimum atomic E-state index is -4.34. The van der Waals surface area contributed by atoms with E-state index in [-0.39, 0.29) is 19.1 Å². The van der Waals surface area contributed by atoms with Gasteiger partial charge in [-0.15, -0.1) is 0 Å². The molecule has 0 aliphatic rings. The Morgan fingerprint density at radius 3 is 1.09 bits per heavy atom. The molecule has 3 N–H and O–H groups in total. The lowest BCUT2D eigenvalue weighted by Crippen LogP contribution is -2.45. The van der Waals surface area contributed by atoms with Gasteiger partial charge in [0.05, 0.1) is 39.9 Å². The molecule has 0 fully saturated rings. The molecule has 3 unspecified atom stereocenters. The molecule has 0 saturated heterocycles. The number of hydrogen-bond acceptors (Lipinski definition) is 5. The van der Waals surface area contributed by atoms with Gasteiger partial charge in [-0.05, 0) is 19.3 Å². The quantitative estimate of drug-likeness (QED) is 0.0243. The molecule has 0 spiro atoms. The summed E-state index contributed by atoms with van der Waals surface area (Å²) in [5.74, 6) is -0.172. The van der Waals surface area contributed by atoms with Crippen LogP contribution in [0.5, 0.6) is 0 Å². The largest absolute Gasteiger partial charge is 0.472 e. The van der Waals surface area contributed by atoms with Crippen molar-refractivity contribution in [3.63, 3.8) is 0 Å². The summed E-state index contributed by atoms with van der Waals surface area (Å²) in [6.45, 7) is 4.84. The fourth-order valence-corrected chi connectivity index (χ4v) is 10.0. The molecule has 0 radical (unpaired) electrons. The van der Waals surface area contributed by atoms with Crippen LogP contribution >= 0.6 is 7.82 Å². The van der Waals surface area contributed by atoms with Gasteiger partial charge in [-0.1, -0.05) is 296 Å². The first kappa shape index (κ1) is 67.2. The van der Waals surface area contributed by atoms with E-state index in [1.54, 1.807) is 6.08 Å². The second kappa shape index (κ2) is 51.2. The van der Waals surface area contributed by atoms with Crippen molar-refractivity contribution in [1.29, 1.82) is 0 Å². The number of aliphatic hydroxyl groups is 1. The summed E-state index contributed by atoms with van der Waals surface area (Å²) >= 11 is 0. The lowest BCUT2D eigenvalue weighted by molar-refractivity contribution is -0.870. The molecule has 406 valence electrons. The number of phosphoric acid groups is 1. The highest BCUT2D eigenvalue weighted by Crippen LogP contribution is 2.43. The summed E-state index contributed by atoms with van der Waals surface area (Å²) in [7, 11) is 1.59. The van der Waals surface area contributed by atoms with Crippen LogP contribution in [0.2, 0.25) is 0 Å². The number of allylic oxidation sites excluding steroid dienone is 1. The van der Waals surface area contributed by atoms with Crippen LogP contribution in [0.15, 0.2) is 12.2 Å². The molecule has 9 heteroatoms. The number of carbonyl (C=O) groups is 1. The monoisotopic (exact) mass is 984 g/mol. The molecule has 0 heterocycles. The first-order valence-electron chi connectivity index (χ1n) is 30.1. The number of aliphatic hydroxyl groups excluding tert-OH is 1. The molecule has 0 saturated carbocycles. The van der Waals surface area contributed by atoms with Crippen LogP contribution in [0.1, 0.15) is 309 Å². The van der Waals surface area contributed by atoms with Gasteiger partial charge in [0.1, 0.15) is 13.2 Å². The summed E-state index contributed by atoms with van der Waals surface area (Å²) in [5.41, 5.74) is 0. The van der Waals surface area contributed by atoms with Crippen molar-refractivity contribution in [1.82, 2.24) is 5.32 Å².